The van der Waals surface area contributed by atoms with Gasteiger partial charge < -0.3 is 10.5 Å². The number of benzene rings is 1. The molecule has 3 aromatic rings. The van der Waals surface area contributed by atoms with Crippen LogP contribution in [0.3, 0.4) is 0 Å². The van der Waals surface area contributed by atoms with E-state index in [1.54, 1.807) is 12.3 Å². The molecule has 1 aromatic carbocycles. The second-order valence-electron chi connectivity index (χ2n) is 4.80. The highest BCUT2D eigenvalue weighted by Gasteiger charge is 2.07. The Morgan fingerprint density at radius 1 is 0.864 bits per heavy atom. The van der Waals surface area contributed by atoms with Gasteiger partial charge in [-0.1, -0.05) is 36.4 Å². The van der Waals surface area contributed by atoms with Crippen LogP contribution in [0.4, 0.5) is 0 Å². The highest BCUT2D eigenvalue weighted by molar-refractivity contribution is 5.52. The third-order valence-electron chi connectivity index (χ3n) is 3.21. The van der Waals surface area contributed by atoms with E-state index in [-0.39, 0.29) is 6.04 Å². The van der Waals surface area contributed by atoms with Crippen LogP contribution in [-0.2, 0) is 0 Å². The van der Waals surface area contributed by atoms with Gasteiger partial charge >= 0.3 is 0 Å². The van der Waals surface area contributed by atoms with E-state index in [2.05, 4.69) is 15.2 Å². The minimum atomic E-state index is -0.196. The van der Waals surface area contributed by atoms with Gasteiger partial charge in [0.2, 0.25) is 5.88 Å². The smallest absolute Gasteiger partial charge is 0.233 e. The summed E-state index contributed by atoms with van der Waals surface area (Å²) >= 11 is 0. The van der Waals surface area contributed by atoms with E-state index >= 15 is 0 Å². The van der Waals surface area contributed by atoms with E-state index in [1.165, 1.54) is 0 Å². The van der Waals surface area contributed by atoms with Gasteiger partial charge in [-0.05, 0) is 23.8 Å². The molecule has 0 bridgehead atoms. The lowest BCUT2D eigenvalue weighted by Gasteiger charge is -2.12. The molecule has 22 heavy (non-hydrogen) atoms. The molecular formula is C17H16N4O. The number of ether oxygens (including phenoxy) is 1. The standard InChI is InChI=1S/C17H16N4O/c18-14(13-6-2-1-3-7-13)12-22-17-10-9-16(20-21-17)15-8-4-5-11-19-15/h1-11,14H,12,18H2/t14-/m1/s1. The fraction of sp³-hybridized carbons (Fsp3) is 0.118. The van der Waals surface area contributed by atoms with Crippen LogP contribution in [0.25, 0.3) is 11.4 Å². The number of rotatable bonds is 5. The van der Waals surface area contributed by atoms with Gasteiger partial charge in [0, 0.05) is 12.3 Å². The number of hydrogen-bond acceptors (Lipinski definition) is 5. The quantitative estimate of drug-likeness (QED) is 0.782. The Bertz CT molecular complexity index is 702. The highest BCUT2D eigenvalue weighted by atomic mass is 16.5. The van der Waals surface area contributed by atoms with Crippen LogP contribution in [0.2, 0.25) is 0 Å². The predicted octanol–water partition coefficient (Wildman–Crippen LogP) is 2.62. The maximum absolute atomic E-state index is 6.08. The van der Waals surface area contributed by atoms with Crippen LogP contribution in [0.1, 0.15) is 11.6 Å². The normalized spacial score (nSPS) is 11.9. The zero-order valence-electron chi connectivity index (χ0n) is 12.0. The summed E-state index contributed by atoms with van der Waals surface area (Å²) in [6.45, 7) is 0.349. The van der Waals surface area contributed by atoms with E-state index in [4.69, 9.17) is 10.5 Å². The average molecular weight is 292 g/mol. The lowest BCUT2D eigenvalue weighted by Crippen LogP contribution is -2.19. The zero-order chi connectivity index (χ0) is 15.2. The van der Waals surface area contributed by atoms with Gasteiger partial charge in [-0.2, -0.15) is 0 Å². The molecule has 0 radical (unpaired) electrons. The molecule has 0 aliphatic rings. The van der Waals surface area contributed by atoms with Gasteiger partial charge in [-0.15, -0.1) is 10.2 Å². The minimum Gasteiger partial charge on any atom is -0.475 e. The predicted molar refractivity (Wildman–Crippen MR) is 84.1 cm³/mol. The van der Waals surface area contributed by atoms with Crippen molar-refractivity contribution in [3.63, 3.8) is 0 Å². The van der Waals surface area contributed by atoms with Crippen molar-refractivity contribution in [2.75, 3.05) is 6.61 Å². The molecule has 2 heterocycles. The van der Waals surface area contributed by atoms with Crippen molar-refractivity contribution < 1.29 is 4.74 Å². The molecule has 5 heteroatoms. The zero-order valence-corrected chi connectivity index (χ0v) is 12.0. The van der Waals surface area contributed by atoms with Crippen LogP contribution < -0.4 is 10.5 Å². The first-order chi connectivity index (χ1) is 10.8. The number of pyridine rings is 1. The second-order valence-corrected chi connectivity index (χ2v) is 4.80. The molecule has 0 saturated heterocycles. The van der Waals surface area contributed by atoms with Crippen LogP contribution >= 0.6 is 0 Å². The van der Waals surface area contributed by atoms with Crippen molar-refractivity contribution in [3.05, 3.63) is 72.4 Å². The van der Waals surface area contributed by atoms with E-state index in [0.29, 0.717) is 18.2 Å². The Morgan fingerprint density at radius 3 is 2.36 bits per heavy atom. The second kappa shape index (κ2) is 6.78. The fourth-order valence-electron chi connectivity index (χ4n) is 2.02. The maximum Gasteiger partial charge on any atom is 0.233 e. The summed E-state index contributed by atoms with van der Waals surface area (Å²) in [5.41, 5.74) is 8.60. The molecule has 110 valence electrons. The summed E-state index contributed by atoms with van der Waals surface area (Å²) < 4.78 is 5.59. The SMILES string of the molecule is N[C@H](COc1ccc(-c2ccccn2)nn1)c1ccccc1. The van der Waals surface area contributed by atoms with Crippen molar-refractivity contribution in [2.45, 2.75) is 6.04 Å². The van der Waals surface area contributed by atoms with E-state index in [0.717, 1.165) is 11.3 Å². The van der Waals surface area contributed by atoms with Crippen molar-refractivity contribution in [1.82, 2.24) is 15.2 Å². The van der Waals surface area contributed by atoms with Gasteiger partial charge in [0.1, 0.15) is 12.3 Å². The van der Waals surface area contributed by atoms with Crippen molar-refractivity contribution >= 4 is 0 Å². The molecular weight excluding hydrogens is 276 g/mol. The number of aromatic nitrogens is 3. The van der Waals surface area contributed by atoms with Gasteiger partial charge in [0.25, 0.3) is 0 Å². The van der Waals surface area contributed by atoms with Crippen molar-refractivity contribution in [2.24, 2.45) is 5.73 Å². The first kappa shape index (κ1) is 14.2. The summed E-state index contributed by atoms with van der Waals surface area (Å²) in [6.07, 6.45) is 1.72. The molecule has 0 unspecified atom stereocenters. The first-order valence-corrected chi connectivity index (χ1v) is 7.01. The molecule has 0 aliphatic heterocycles. The average Bonchev–Trinajstić information content (AvgIpc) is 2.61. The Labute approximate surface area is 128 Å². The number of hydrogen-bond donors (Lipinski definition) is 1. The molecule has 2 aromatic heterocycles. The topological polar surface area (TPSA) is 73.9 Å². The summed E-state index contributed by atoms with van der Waals surface area (Å²) in [5, 5.41) is 8.17. The largest absolute Gasteiger partial charge is 0.475 e. The molecule has 2 N–H and O–H groups in total. The number of nitrogens with two attached hydrogens (primary N) is 1. The van der Waals surface area contributed by atoms with Crippen molar-refractivity contribution in [3.8, 4) is 17.3 Å². The molecule has 0 aliphatic carbocycles. The van der Waals surface area contributed by atoms with E-state index in [1.807, 2.05) is 54.6 Å². The summed E-state index contributed by atoms with van der Waals surface area (Å²) in [7, 11) is 0. The van der Waals surface area contributed by atoms with E-state index in [9.17, 15) is 0 Å². The van der Waals surface area contributed by atoms with Gasteiger partial charge in [0.05, 0.1) is 11.7 Å². The third kappa shape index (κ3) is 3.45. The Hall–Kier alpha value is -2.79. The highest BCUT2D eigenvalue weighted by Crippen LogP contribution is 2.16. The Morgan fingerprint density at radius 2 is 1.68 bits per heavy atom. The van der Waals surface area contributed by atoms with Gasteiger partial charge in [0.15, 0.2) is 0 Å². The molecule has 5 nitrogen and oxygen atoms in total. The first-order valence-electron chi connectivity index (χ1n) is 7.01. The lowest BCUT2D eigenvalue weighted by molar-refractivity contribution is 0.277. The monoisotopic (exact) mass is 292 g/mol. The summed E-state index contributed by atoms with van der Waals surface area (Å²) in [6, 6.07) is 18.9. The Balaban J connectivity index is 1.62. The third-order valence-corrected chi connectivity index (χ3v) is 3.21. The van der Waals surface area contributed by atoms with Crippen molar-refractivity contribution in [1.29, 1.82) is 0 Å². The Kier molecular flexibility index (Phi) is 4.36. The lowest BCUT2D eigenvalue weighted by atomic mass is 10.1. The van der Waals surface area contributed by atoms with E-state index < -0.39 is 0 Å². The van der Waals surface area contributed by atoms with Crippen LogP contribution in [0.15, 0.2) is 66.9 Å². The minimum absolute atomic E-state index is 0.196. The van der Waals surface area contributed by atoms with Gasteiger partial charge in [-0.3, -0.25) is 4.98 Å². The summed E-state index contributed by atoms with van der Waals surface area (Å²) in [4.78, 5) is 4.23. The van der Waals surface area contributed by atoms with Crippen LogP contribution in [-0.4, -0.2) is 21.8 Å². The molecule has 0 amide bonds. The molecule has 0 saturated carbocycles. The molecule has 1 atom stereocenters. The molecule has 0 spiro atoms. The van der Waals surface area contributed by atoms with Gasteiger partial charge in [-0.25, -0.2) is 0 Å². The maximum atomic E-state index is 6.08. The van der Waals surface area contributed by atoms with Crippen LogP contribution in [0, 0.1) is 0 Å². The van der Waals surface area contributed by atoms with Crippen LogP contribution in [0.5, 0.6) is 5.88 Å². The number of nitrogens with zero attached hydrogens (tertiary/aromatic N) is 3. The molecule has 3 rings (SSSR count). The summed E-state index contributed by atoms with van der Waals surface area (Å²) in [5.74, 6) is 0.450. The fourth-order valence-corrected chi connectivity index (χ4v) is 2.02. The molecule has 0 fully saturated rings.